The molecular formula is C15H30N2O2. The van der Waals surface area contributed by atoms with E-state index in [9.17, 15) is 9.59 Å². The fourth-order valence-electron chi connectivity index (χ4n) is 1.99. The van der Waals surface area contributed by atoms with Crippen molar-refractivity contribution in [3.8, 4) is 0 Å². The van der Waals surface area contributed by atoms with Crippen molar-refractivity contribution in [2.45, 2.75) is 72.4 Å². The minimum Gasteiger partial charge on any atom is -0.345 e. The predicted molar refractivity (Wildman–Crippen MR) is 78.7 cm³/mol. The molecule has 0 rings (SSSR count). The Hall–Kier alpha value is -0.900. The van der Waals surface area contributed by atoms with Crippen LogP contribution >= 0.6 is 0 Å². The van der Waals surface area contributed by atoms with Gasteiger partial charge in [0, 0.05) is 6.42 Å². The molecule has 0 aromatic carbocycles. The summed E-state index contributed by atoms with van der Waals surface area (Å²) in [4.78, 5) is 24.0. The lowest BCUT2D eigenvalue weighted by Gasteiger charge is -2.24. The number of Topliss-reactive ketones (excluding diaryl/α,β-unsaturated/α-hetero) is 1. The summed E-state index contributed by atoms with van der Waals surface area (Å²) in [5, 5.41) is 2.82. The van der Waals surface area contributed by atoms with Crippen LogP contribution in [0.2, 0.25) is 0 Å². The Morgan fingerprint density at radius 3 is 2.16 bits per heavy atom. The van der Waals surface area contributed by atoms with E-state index in [1.807, 2.05) is 20.8 Å². The standard InChI is InChI=1S/C15H30N2O2/c1-6-8-13(18)14(10(3)4)17-15(19)12(16)9-11(5)7-2/h10-12,14H,6-9,16H2,1-5H3,(H,17,19)/t11?,12-,14?/m0/s1. The summed E-state index contributed by atoms with van der Waals surface area (Å²) in [6.45, 7) is 10.0. The summed E-state index contributed by atoms with van der Waals surface area (Å²) >= 11 is 0. The van der Waals surface area contributed by atoms with E-state index in [0.29, 0.717) is 18.8 Å². The van der Waals surface area contributed by atoms with Crippen LogP contribution in [0.1, 0.15) is 60.3 Å². The number of hydrogen-bond acceptors (Lipinski definition) is 3. The summed E-state index contributed by atoms with van der Waals surface area (Å²) in [6.07, 6.45) is 2.97. The van der Waals surface area contributed by atoms with E-state index < -0.39 is 12.1 Å². The van der Waals surface area contributed by atoms with Crippen molar-refractivity contribution in [1.82, 2.24) is 5.32 Å². The minimum absolute atomic E-state index is 0.0961. The first-order chi connectivity index (χ1) is 8.83. The summed E-state index contributed by atoms with van der Waals surface area (Å²) < 4.78 is 0. The van der Waals surface area contributed by atoms with Crippen LogP contribution < -0.4 is 11.1 Å². The monoisotopic (exact) mass is 270 g/mol. The van der Waals surface area contributed by atoms with E-state index in [-0.39, 0.29) is 17.6 Å². The number of rotatable bonds is 9. The molecule has 0 aromatic heterocycles. The number of amides is 1. The molecular weight excluding hydrogens is 240 g/mol. The lowest BCUT2D eigenvalue weighted by Crippen LogP contribution is -2.50. The second kappa shape index (κ2) is 9.08. The number of carbonyl (C=O) groups is 2. The highest BCUT2D eigenvalue weighted by Crippen LogP contribution is 2.11. The maximum Gasteiger partial charge on any atom is 0.237 e. The molecule has 0 aliphatic heterocycles. The Labute approximate surface area is 117 Å². The van der Waals surface area contributed by atoms with Gasteiger partial charge < -0.3 is 11.1 Å². The molecule has 2 unspecified atom stereocenters. The molecule has 0 heterocycles. The third kappa shape index (κ3) is 6.71. The Morgan fingerprint density at radius 1 is 1.16 bits per heavy atom. The Balaban J connectivity index is 4.50. The van der Waals surface area contributed by atoms with Crippen LogP contribution in [0.3, 0.4) is 0 Å². The second-order valence-electron chi connectivity index (χ2n) is 5.80. The number of carbonyl (C=O) groups excluding carboxylic acids is 2. The maximum atomic E-state index is 12.0. The van der Waals surface area contributed by atoms with Gasteiger partial charge in [0.15, 0.2) is 5.78 Å². The fourth-order valence-corrected chi connectivity index (χ4v) is 1.99. The summed E-state index contributed by atoms with van der Waals surface area (Å²) in [7, 11) is 0. The van der Waals surface area contributed by atoms with E-state index in [1.54, 1.807) is 0 Å². The van der Waals surface area contributed by atoms with Gasteiger partial charge in [-0.05, 0) is 24.7 Å². The molecule has 0 radical (unpaired) electrons. The van der Waals surface area contributed by atoms with Crippen molar-refractivity contribution in [3.05, 3.63) is 0 Å². The van der Waals surface area contributed by atoms with E-state index in [4.69, 9.17) is 5.73 Å². The van der Waals surface area contributed by atoms with Crippen molar-refractivity contribution >= 4 is 11.7 Å². The highest BCUT2D eigenvalue weighted by Gasteiger charge is 2.26. The number of hydrogen-bond donors (Lipinski definition) is 2. The molecule has 0 aromatic rings. The molecule has 0 fully saturated rings. The molecule has 19 heavy (non-hydrogen) atoms. The lowest BCUT2D eigenvalue weighted by molar-refractivity contribution is -0.129. The van der Waals surface area contributed by atoms with Crippen LogP contribution in [0.4, 0.5) is 0 Å². The summed E-state index contributed by atoms with van der Waals surface area (Å²) in [5.41, 5.74) is 5.89. The first-order valence-electron chi connectivity index (χ1n) is 7.42. The third-order valence-corrected chi connectivity index (χ3v) is 3.50. The van der Waals surface area contributed by atoms with Gasteiger partial charge in [-0.25, -0.2) is 0 Å². The van der Waals surface area contributed by atoms with Crippen molar-refractivity contribution in [2.75, 3.05) is 0 Å². The first kappa shape index (κ1) is 18.1. The van der Waals surface area contributed by atoms with Gasteiger partial charge >= 0.3 is 0 Å². The summed E-state index contributed by atoms with van der Waals surface area (Å²) in [6, 6.07) is -0.930. The van der Waals surface area contributed by atoms with Gasteiger partial charge in [-0.3, -0.25) is 9.59 Å². The summed E-state index contributed by atoms with van der Waals surface area (Å²) in [5.74, 6) is 0.411. The average molecular weight is 270 g/mol. The van der Waals surface area contributed by atoms with Crippen LogP contribution in [-0.4, -0.2) is 23.8 Å². The zero-order valence-electron chi connectivity index (χ0n) is 13.0. The molecule has 1 amide bonds. The van der Waals surface area contributed by atoms with Crippen LogP contribution in [0.5, 0.6) is 0 Å². The van der Waals surface area contributed by atoms with Gasteiger partial charge in [0.1, 0.15) is 0 Å². The zero-order valence-corrected chi connectivity index (χ0v) is 13.0. The first-order valence-corrected chi connectivity index (χ1v) is 7.42. The van der Waals surface area contributed by atoms with Gasteiger partial charge in [0.05, 0.1) is 12.1 Å². The Kier molecular flexibility index (Phi) is 8.65. The quantitative estimate of drug-likeness (QED) is 0.675. The molecule has 3 N–H and O–H groups in total. The smallest absolute Gasteiger partial charge is 0.237 e. The number of ketones is 1. The van der Waals surface area contributed by atoms with E-state index in [0.717, 1.165) is 12.8 Å². The van der Waals surface area contributed by atoms with E-state index in [2.05, 4.69) is 19.2 Å². The molecule has 0 saturated heterocycles. The van der Waals surface area contributed by atoms with Gasteiger partial charge in [0.25, 0.3) is 0 Å². The van der Waals surface area contributed by atoms with Gasteiger partial charge in [0.2, 0.25) is 5.91 Å². The van der Waals surface area contributed by atoms with Crippen LogP contribution in [-0.2, 0) is 9.59 Å². The zero-order chi connectivity index (χ0) is 15.0. The normalized spacial score (nSPS) is 15.9. The Morgan fingerprint density at radius 2 is 1.74 bits per heavy atom. The largest absolute Gasteiger partial charge is 0.345 e. The SMILES string of the molecule is CCCC(=O)C(NC(=O)[C@@H](N)CC(C)CC)C(C)C. The van der Waals surface area contributed by atoms with Crippen LogP contribution in [0.15, 0.2) is 0 Å². The highest BCUT2D eigenvalue weighted by atomic mass is 16.2. The molecule has 0 saturated carbocycles. The third-order valence-electron chi connectivity index (χ3n) is 3.50. The number of nitrogens with two attached hydrogens (primary N) is 1. The molecule has 0 aliphatic carbocycles. The molecule has 112 valence electrons. The average Bonchev–Trinajstić information content (AvgIpc) is 2.34. The molecule has 0 aliphatic rings. The molecule has 4 heteroatoms. The van der Waals surface area contributed by atoms with Crippen LogP contribution in [0.25, 0.3) is 0 Å². The van der Waals surface area contributed by atoms with Crippen molar-refractivity contribution < 1.29 is 9.59 Å². The van der Waals surface area contributed by atoms with Gasteiger partial charge in [-0.15, -0.1) is 0 Å². The van der Waals surface area contributed by atoms with E-state index in [1.165, 1.54) is 0 Å². The highest BCUT2D eigenvalue weighted by molar-refractivity contribution is 5.90. The van der Waals surface area contributed by atoms with Crippen LogP contribution in [0, 0.1) is 11.8 Å². The number of nitrogens with one attached hydrogen (secondary N) is 1. The maximum absolute atomic E-state index is 12.0. The predicted octanol–water partition coefficient (Wildman–Crippen LogP) is 2.26. The topological polar surface area (TPSA) is 72.2 Å². The van der Waals surface area contributed by atoms with Gasteiger partial charge in [-0.2, -0.15) is 0 Å². The molecule has 4 nitrogen and oxygen atoms in total. The van der Waals surface area contributed by atoms with E-state index >= 15 is 0 Å². The fraction of sp³-hybridized carbons (Fsp3) is 0.867. The van der Waals surface area contributed by atoms with Crippen molar-refractivity contribution in [1.29, 1.82) is 0 Å². The van der Waals surface area contributed by atoms with Crippen molar-refractivity contribution in [3.63, 3.8) is 0 Å². The molecule has 0 bridgehead atoms. The minimum atomic E-state index is -0.523. The van der Waals surface area contributed by atoms with Gasteiger partial charge in [-0.1, -0.05) is 41.0 Å². The lowest BCUT2D eigenvalue weighted by atomic mass is 9.95. The second-order valence-corrected chi connectivity index (χ2v) is 5.80. The van der Waals surface area contributed by atoms with Crippen molar-refractivity contribution in [2.24, 2.45) is 17.6 Å². The molecule has 0 spiro atoms. The molecule has 3 atom stereocenters. The Bertz CT molecular complexity index is 290.